The Labute approximate surface area is 150 Å². The number of aryl methyl sites for hydroxylation is 1. The monoisotopic (exact) mass is 357 g/mol. The van der Waals surface area contributed by atoms with Crippen LogP contribution in [0.5, 0.6) is 11.5 Å². The smallest absolute Gasteiger partial charge is 0.272 e. The lowest BCUT2D eigenvalue weighted by Gasteiger charge is -2.08. The van der Waals surface area contributed by atoms with Crippen LogP contribution >= 0.6 is 0 Å². The number of carbonyl (C=O) groups is 1. The number of carbonyl (C=O) groups excluding carboxylic acids is 1. The van der Waals surface area contributed by atoms with Gasteiger partial charge in [0.05, 0.1) is 24.9 Å². The van der Waals surface area contributed by atoms with Crippen molar-refractivity contribution in [3.63, 3.8) is 0 Å². The van der Waals surface area contributed by atoms with Crippen LogP contribution in [0.25, 0.3) is 0 Å². The summed E-state index contributed by atoms with van der Waals surface area (Å²) >= 11 is 0. The molecule has 1 N–H and O–H groups in total. The minimum atomic E-state index is -0.455. The van der Waals surface area contributed by atoms with Crippen LogP contribution < -0.4 is 14.9 Å². The maximum Gasteiger partial charge on any atom is 0.272 e. The molecule has 0 aliphatic heterocycles. The summed E-state index contributed by atoms with van der Waals surface area (Å²) < 4.78 is 10.3. The summed E-state index contributed by atoms with van der Waals surface area (Å²) in [7, 11) is 2.98. The van der Waals surface area contributed by atoms with Crippen molar-refractivity contribution in [2.45, 2.75) is 13.8 Å². The van der Waals surface area contributed by atoms with Gasteiger partial charge in [-0.1, -0.05) is 12.1 Å². The fraction of sp³-hybridized carbons (Fsp3) is 0.222. The van der Waals surface area contributed by atoms with Gasteiger partial charge in [0.1, 0.15) is 11.5 Å². The molecule has 0 bridgehead atoms. The van der Waals surface area contributed by atoms with Crippen LogP contribution in [0, 0.1) is 17.0 Å². The van der Waals surface area contributed by atoms with Crippen molar-refractivity contribution < 1.29 is 19.2 Å². The summed E-state index contributed by atoms with van der Waals surface area (Å²) in [5.74, 6) is 0.497. The number of rotatable bonds is 6. The zero-order valence-electron chi connectivity index (χ0n) is 14.9. The minimum Gasteiger partial charge on any atom is -0.497 e. The van der Waals surface area contributed by atoms with Gasteiger partial charge >= 0.3 is 0 Å². The number of nitro groups is 1. The number of nitro benzene ring substituents is 1. The van der Waals surface area contributed by atoms with Gasteiger partial charge in [0.2, 0.25) is 0 Å². The summed E-state index contributed by atoms with van der Waals surface area (Å²) in [5.41, 5.74) is 4.29. The van der Waals surface area contributed by atoms with Gasteiger partial charge in [0, 0.05) is 28.8 Å². The first kappa shape index (κ1) is 18.9. The molecule has 0 spiro atoms. The Morgan fingerprint density at radius 1 is 1.08 bits per heavy atom. The average molecular weight is 357 g/mol. The molecule has 2 aromatic carbocycles. The summed E-state index contributed by atoms with van der Waals surface area (Å²) in [6.45, 7) is 3.31. The van der Waals surface area contributed by atoms with E-state index in [-0.39, 0.29) is 5.69 Å². The highest BCUT2D eigenvalue weighted by molar-refractivity contribution is 6.01. The van der Waals surface area contributed by atoms with E-state index >= 15 is 0 Å². The number of ether oxygens (including phenoxy) is 2. The van der Waals surface area contributed by atoms with E-state index in [0.717, 1.165) is 0 Å². The van der Waals surface area contributed by atoms with E-state index in [1.165, 1.54) is 20.3 Å². The van der Waals surface area contributed by atoms with Crippen LogP contribution in [0.15, 0.2) is 41.5 Å². The molecule has 0 fully saturated rings. The van der Waals surface area contributed by atoms with Crippen molar-refractivity contribution in [2.75, 3.05) is 14.2 Å². The third-order valence-corrected chi connectivity index (χ3v) is 3.76. The number of hydrazone groups is 1. The number of methoxy groups -OCH3 is 2. The molecule has 0 atom stereocenters. The third-order valence-electron chi connectivity index (χ3n) is 3.76. The second-order valence-corrected chi connectivity index (χ2v) is 5.50. The first-order valence-electron chi connectivity index (χ1n) is 7.68. The van der Waals surface area contributed by atoms with E-state index in [4.69, 9.17) is 9.47 Å². The van der Waals surface area contributed by atoms with Gasteiger partial charge in [0.15, 0.2) is 0 Å². The standard InChI is InChI=1S/C18H19N3O5/c1-11-5-6-13(9-17(11)21(23)24)12(2)19-20-18(22)14-7-15(25-3)10-16(8-14)26-4/h5-10H,1-4H3,(H,20,22)/b19-12-. The molecule has 136 valence electrons. The number of benzene rings is 2. The Morgan fingerprint density at radius 2 is 1.69 bits per heavy atom. The molecule has 8 heteroatoms. The van der Waals surface area contributed by atoms with Crippen molar-refractivity contribution in [2.24, 2.45) is 5.10 Å². The molecule has 0 saturated heterocycles. The van der Waals surface area contributed by atoms with Gasteiger partial charge in [-0.15, -0.1) is 0 Å². The fourth-order valence-electron chi connectivity index (χ4n) is 2.23. The second kappa shape index (κ2) is 8.11. The molecule has 0 aliphatic rings. The van der Waals surface area contributed by atoms with Crippen molar-refractivity contribution in [1.29, 1.82) is 0 Å². The lowest BCUT2D eigenvalue weighted by Crippen LogP contribution is -2.19. The molecule has 0 heterocycles. The lowest BCUT2D eigenvalue weighted by atomic mass is 10.1. The first-order valence-corrected chi connectivity index (χ1v) is 7.68. The molecule has 8 nitrogen and oxygen atoms in total. The number of nitrogens with zero attached hydrogens (tertiary/aromatic N) is 2. The van der Waals surface area contributed by atoms with E-state index in [1.54, 1.807) is 44.2 Å². The molecule has 1 amide bonds. The number of nitrogens with one attached hydrogen (secondary N) is 1. The third kappa shape index (κ3) is 4.35. The van der Waals surface area contributed by atoms with Gasteiger partial charge in [-0.25, -0.2) is 5.43 Å². The molecular weight excluding hydrogens is 338 g/mol. The molecular formula is C18H19N3O5. The van der Waals surface area contributed by atoms with Crippen LogP contribution in [-0.4, -0.2) is 30.8 Å². The zero-order valence-corrected chi connectivity index (χ0v) is 14.9. The fourth-order valence-corrected chi connectivity index (χ4v) is 2.23. The molecule has 0 saturated carbocycles. The highest BCUT2D eigenvalue weighted by Gasteiger charge is 2.13. The predicted molar refractivity (Wildman–Crippen MR) is 97.1 cm³/mol. The Kier molecular flexibility index (Phi) is 5.90. The number of hydrogen-bond acceptors (Lipinski definition) is 6. The van der Waals surface area contributed by atoms with Crippen molar-refractivity contribution in [3.8, 4) is 11.5 Å². The predicted octanol–water partition coefficient (Wildman–Crippen LogP) is 3.07. The van der Waals surface area contributed by atoms with Crippen LogP contribution in [0.2, 0.25) is 0 Å². The summed E-state index contributed by atoms with van der Waals surface area (Å²) in [6, 6.07) is 9.54. The normalized spacial score (nSPS) is 11.0. The van der Waals surface area contributed by atoms with Gasteiger partial charge in [0.25, 0.3) is 11.6 Å². The molecule has 0 aliphatic carbocycles. The maximum absolute atomic E-state index is 12.3. The van der Waals surface area contributed by atoms with E-state index in [9.17, 15) is 14.9 Å². The molecule has 26 heavy (non-hydrogen) atoms. The molecule has 0 radical (unpaired) electrons. The Morgan fingerprint density at radius 3 is 2.23 bits per heavy atom. The average Bonchev–Trinajstić information content (AvgIpc) is 2.65. The van der Waals surface area contributed by atoms with Crippen LogP contribution in [0.4, 0.5) is 5.69 Å². The summed E-state index contributed by atoms with van der Waals surface area (Å²) in [6.07, 6.45) is 0. The van der Waals surface area contributed by atoms with Gasteiger partial charge in [-0.2, -0.15) is 5.10 Å². The highest BCUT2D eigenvalue weighted by atomic mass is 16.6. The van der Waals surface area contributed by atoms with Crippen molar-refractivity contribution in [1.82, 2.24) is 5.43 Å². The molecule has 2 aromatic rings. The Bertz CT molecular complexity index is 855. The number of amides is 1. The molecule has 0 unspecified atom stereocenters. The van der Waals surface area contributed by atoms with Crippen molar-refractivity contribution in [3.05, 3.63) is 63.2 Å². The molecule has 0 aromatic heterocycles. The van der Waals surface area contributed by atoms with E-state index < -0.39 is 10.8 Å². The van der Waals surface area contributed by atoms with Gasteiger partial charge < -0.3 is 9.47 Å². The first-order chi connectivity index (χ1) is 12.3. The largest absolute Gasteiger partial charge is 0.497 e. The maximum atomic E-state index is 12.3. The quantitative estimate of drug-likeness (QED) is 0.486. The van der Waals surface area contributed by atoms with E-state index in [2.05, 4.69) is 10.5 Å². The SMILES string of the molecule is COc1cc(OC)cc(C(=O)N/N=C(/C)c2ccc(C)c([N+](=O)[O-])c2)c1. The highest BCUT2D eigenvalue weighted by Crippen LogP contribution is 2.22. The van der Waals surface area contributed by atoms with Gasteiger partial charge in [-0.3, -0.25) is 14.9 Å². The lowest BCUT2D eigenvalue weighted by molar-refractivity contribution is -0.385. The summed E-state index contributed by atoms with van der Waals surface area (Å²) in [5, 5.41) is 15.1. The summed E-state index contributed by atoms with van der Waals surface area (Å²) in [4.78, 5) is 22.9. The number of hydrogen-bond donors (Lipinski definition) is 1. The van der Waals surface area contributed by atoms with Crippen LogP contribution in [0.1, 0.15) is 28.4 Å². The van der Waals surface area contributed by atoms with Crippen LogP contribution in [0.3, 0.4) is 0 Å². The Balaban J connectivity index is 2.22. The second-order valence-electron chi connectivity index (χ2n) is 5.50. The van der Waals surface area contributed by atoms with Crippen LogP contribution in [-0.2, 0) is 0 Å². The Hall–Kier alpha value is -3.42. The molecule has 2 rings (SSSR count). The van der Waals surface area contributed by atoms with Gasteiger partial charge in [-0.05, 0) is 26.0 Å². The van der Waals surface area contributed by atoms with E-state index in [1.807, 2.05) is 0 Å². The topological polar surface area (TPSA) is 103 Å². The minimum absolute atomic E-state index is 0.000841. The van der Waals surface area contributed by atoms with Crippen molar-refractivity contribution >= 4 is 17.3 Å². The zero-order chi connectivity index (χ0) is 19.3. The van der Waals surface area contributed by atoms with E-state index in [0.29, 0.717) is 33.9 Å².